The van der Waals surface area contributed by atoms with Gasteiger partial charge >= 0.3 is 0 Å². The van der Waals surface area contributed by atoms with Crippen molar-refractivity contribution in [3.63, 3.8) is 0 Å². The fourth-order valence-corrected chi connectivity index (χ4v) is 4.99. The van der Waals surface area contributed by atoms with Crippen molar-refractivity contribution in [1.82, 2.24) is 9.80 Å². The number of benzene rings is 2. The predicted molar refractivity (Wildman–Crippen MR) is 126 cm³/mol. The van der Waals surface area contributed by atoms with Gasteiger partial charge in [0.15, 0.2) is 0 Å². The second-order valence-corrected chi connectivity index (χ2v) is 10.2. The Hall–Kier alpha value is -1.15. The zero-order valence-corrected chi connectivity index (χ0v) is 20.0. The van der Waals surface area contributed by atoms with Crippen molar-refractivity contribution >= 4 is 27.5 Å². The van der Waals surface area contributed by atoms with Crippen LogP contribution in [0.5, 0.6) is 5.75 Å². The molecular formula is C24H30BrClN2O3. The van der Waals surface area contributed by atoms with Gasteiger partial charge in [-0.3, -0.25) is 9.80 Å². The molecule has 0 radical (unpaired) electrons. The summed E-state index contributed by atoms with van der Waals surface area (Å²) < 4.78 is 7.16. The predicted octanol–water partition coefficient (Wildman–Crippen LogP) is 4.08. The maximum Gasteiger partial charge on any atom is 0.124 e. The van der Waals surface area contributed by atoms with E-state index in [-0.39, 0.29) is 6.10 Å². The maximum atomic E-state index is 11.0. The van der Waals surface area contributed by atoms with E-state index < -0.39 is 5.60 Å². The average molecular weight is 510 g/mol. The first-order valence-electron chi connectivity index (χ1n) is 10.9. The summed E-state index contributed by atoms with van der Waals surface area (Å²) >= 11 is 9.55. The van der Waals surface area contributed by atoms with Crippen LogP contribution in [0.2, 0.25) is 5.02 Å². The number of piperidine rings is 1. The molecule has 0 aromatic heterocycles. The number of nitrogens with zero attached hydrogens (tertiary/aromatic N) is 2. The van der Waals surface area contributed by atoms with Gasteiger partial charge in [-0.25, -0.2) is 0 Å². The normalized spacial score (nSPS) is 22.0. The summed E-state index contributed by atoms with van der Waals surface area (Å²) in [6.07, 6.45) is 2.05. The molecule has 2 fully saturated rings. The highest BCUT2D eigenvalue weighted by atomic mass is 79.9. The van der Waals surface area contributed by atoms with Gasteiger partial charge in [0.2, 0.25) is 0 Å². The molecule has 2 aromatic carbocycles. The van der Waals surface area contributed by atoms with Crippen molar-refractivity contribution in [2.24, 2.45) is 0 Å². The van der Waals surface area contributed by atoms with Crippen LogP contribution in [0.1, 0.15) is 30.4 Å². The van der Waals surface area contributed by atoms with E-state index in [1.54, 1.807) is 0 Å². The highest BCUT2D eigenvalue weighted by Crippen LogP contribution is 2.30. The summed E-state index contributed by atoms with van der Waals surface area (Å²) in [7, 11) is 0. The third kappa shape index (κ3) is 6.44. The number of aliphatic hydroxyl groups excluding tert-OH is 1. The molecule has 2 N–H and O–H groups in total. The Morgan fingerprint density at radius 3 is 2.48 bits per heavy atom. The van der Waals surface area contributed by atoms with Crippen LogP contribution in [0.4, 0.5) is 0 Å². The van der Waals surface area contributed by atoms with Gasteiger partial charge in [-0.15, -0.1) is 0 Å². The zero-order valence-electron chi connectivity index (χ0n) is 17.6. The third-order valence-corrected chi connectivity index (χ3v) is 7.02. The molecule has 2 aliphatic heterocycles. The van der Waals surface area contributed by atoms with Crippen LogP contribution in [-0.4, -0.2) is 64.4 Å². The van der Waals surface area contributed by atoms with Crippen LogP contribution in [0.25, 0.3) is 0 Å². The van der Waals surface area contributed by atoms with Gasteiger partial charge in [-0.2, -0.15) is 0 Å². The topological polar surface area (TPSA) is 56.2 Å². The van der Waals surface area contributed by atoms with Crippen LogP contribution >= 0.6 is 27.5 Å². The largest absolute Gasteiger partial charge is 0.489 e. The minimum absolute atomic E-state index is 0.244. The second-order valence-electron chi connectivity index (χ2n) is 8.85. The van der Waals surface area contributed by atoms with Crippen molar-refractivity contribution in [3.05, 3.63) is 63.1 Å². The monoisotopic (exact) mass is 508 g/mol. The molecule has 0 aliphatic carbocycles. The first-order valence-corrected chi connectivity index (χ1v) is 12.1. The molecule has 2 heterocycles. The summed E-state index contributed by atoms with van der Waals surface area (Å²) in [6, 6.07) is 13.8. The molecule has 2 aliphatic rings. The third-order valence-electron chi connectivity index (χ3n) is 6.28. The highest BCUT2D eigenvalue weighted by Gasteiger charge is 2.36. The number of ether oxygens (including phenoxy) is 1. The number of rotatable bonds is 7. The molecular weight excluding hydrogens is 480 g/mol. The zero-order chi connectivity index (χ0) is 21.8. The standard InChI is InChI=1S/C24H30BrClN2O3/c25-20-3-6-23(31-16-18-1-4-21(26)5-2-18)19(13-20)14-27-11-8-24(30,9-12-27)17-28-10-7-22(29)15-28/h1-6,13,22,29-30H,7-12,14-17H2/t22-/m1/s1. The quantitative estimate of drug-likeness (QED) is 0.589. The molecule has 4 rings (SSSR count). The van der Waals surface area contributed by atoms with Crippen LogP contribution in [0.15, 0.2) is 46.9 Å². The summed E-state index contributed by atoms with van der Waals surface area (Å²) in [4.78, 5) is 4.57. The maximum absolute atomic E-state index is 11.0. The molecule has 0 amide bonds. The van der Waals surface area contributed by atoms with Crippen molar-refractivity contribution in [2.75, 3.05) is 32.7 Å². The van der Waals surface area contributed by atoms with E-state index in [1.807, 2.05) is 36.4 Å². The van der Waals surface area contributed by atoms with Crippen LogP contribution in [-0.2, 0) is 13.2 Å². The van der Waals surface area contributed by atoms with Gasteiger partial charge in [0.1, 0.15) is 12.4 Å². The number of hydrogen-bond acceptors (Lipinski definition) is 5. The lowest BCUT2D eigenvalue weighted by molar-refractivity contribution is -0.0445. The van der Waals surface area contributed by atoms with Crippen LogP contribution < -0.4 is 4.74 Å². The summed E-state index contributed by atoms with van der Waals surface area (Å²) in [5.41, 5.74) is 1.55. The van der Waals surface area contributed by atoms with E-state index in [0.29, 0.717) is 19.7 Å². The number of hydrogen-bond donors (Lipinski definition) is 2. The number of aliphatic hydroxyl groups is 2. The first-order chi connectivity index (χ1) is 14.9. The van der Waals surface area contributed by atoms with Crippen molar-refractivity contribution in [3.8, 4) is 5.75 Å². The smallest absolute Gasteiger partial charge is 0.124 e. The lowest BCUT2D eigenvalue weighted by Crippen LogP contribution is -2.50. The Bertz CT molecular complexity index is 872. The highest BCUT2D eigenvalue weighted by molar-refractivity contribution is 9.10. The van der Waals surface area contributed by atoms with E-state index >= 15 is 0 Å². The lowest BCUT2D eigenvalue weighted by Gasteiger charge is -2.40. The Kier molecular flexibility index (Phi) is 7.57. The Morgan fingerprint density at radius 2 is 1.81 bits per heavy atom. The number of likely N-dealkylation sites (tertiary alicyclic amines) is 2. The van der Waals surface area contributed by atoms with E-state index in [0.717, 1.165) is 71.8 Å². The lowest BCUT2D eigenvalue weighted by atomic mass is 9.90. The van der Waals surface area contributed by atoms with Crippen molar-refractivity contribution < 1.29 is 14.9 Å². The van der Waals surface area contributed by atoms with Gasteiger partial charge in [0.05, 0.1) is 11.7 Å². The molecule has 2 aromatic rings. The van der Waals surface area contributed by atoms with E-state index in [4.69, 9.17) is 16.3 Å². The van der Waals surface area contributed by atoms with Gasteiger partial charge in [0.25, 0.3) is 0 Å². The molecule has 31 heavy (non-hydrogen) atoms. The van der Waals surface area contributed by atoms with Gasteiger partial charge in [-0.05, 0) is 55.2 Å². The average Bonchev–Trinajstić information content (AvgIpc) is 3.14. The van der Waals surface area contributed by atoms with Gasteiger partial charge < -0.3 is 14.9 Å². The van der Waals surface area contributed by atoms with Crippen molar-refractivity contribution in [1.29, 1.82) is 0 Å². The van der Waals surface area contributed by atoms with Crippen LogP contribution in [0, 0.1) is 0 Å². The molecule has 0 saturated carbocycles. The van der Waals surface area contributed by atoms with E-state index in [9.17, 15) is 10.2 Å². The van der Waals surface area contributed by atoms with E-state index in [1.165, 1.54) is 0 Å². The van der Waals surface area contributed by atoms with E-state index in [2.05, 4.69) is 31.8 Å². The first kappa shape index (κ1) is 23.0. The van der Waals surface area contributed by atoms with Crippen LogP contribution in [0.3, 0.4) is 0 Å². The number of β-amino-alcohol motifs (C(OH)–C–C–N with tert-alkyl or cyclic N) is 2. The Labute approximate surface area is 197 Å². The molecule has 0 unspecified atom stereocenters. The Balaban J connectivity index is 1.33. The van der Waals surface area contributed by atoms with Gasteiger partial charge in [-0.1, -0.05) is 39.7 Å². The minimum atomic E-state index is -0.661. The molecule has 2 saturated heterocycles. The Morgan fingerprint density at radius 1 is 1.06 bits per heavy atom. The van der Waals surface area contributed by atoms with Gasteiger partial charge in [0, 0.05) is 54.3 Å². The molecule has 0 spiro atoms. The molecule has 168 valence electrons. The SMILES string of the molecule is O[C@@H]1CCN(CC2(O)CCN(Cc3cc(Br)ccc3OCc3ccc(Cl)cc3)CC2)C1. The minimum Gasteiger partial charge on any atom is -0.489 e. The van der Waals surface area contributed by atoms with Crippen molar-refractivity contribution in [2.45, 2.75) is 44.1 Å². The summed E-state index contributed by atoms with van der Waals surface area (Å²) in [5, 5.41) is 21.5. The molecule has 0 bridgehead atoms. The molecule has 7 heteroatoms. The summed E-state index contributed by atoms with van der Waals surface area (Å²) in [6.45, 7) is 5.18. The second kappa shape index (κ2) is 10.2. The summed E-state index contributed by atoms with van der Waals surface area (Å²) in [5.74, 6) is 0.880. The molecule has 5 nitrogen and oxygen atoms in total. The fraction of sp³-hybridized carbons (Fsp3) is 0.500. The fourth-order valence-electron chi connectivity index (χ4n) is 4.45. The number of halogens is 2. The molecule has 1 atom stereocenters.